The molecule has 1 aliphatic rings. The van der Waals surface area contributed by atoms with Crippen molar-refractivity contribution in [3.05, 3.63) is 89.3 Å². The molecule has 1 aromatic heterocycles. The summed E-state index contributed by atoms with van der Waals surface area (Å²) in [5.74, 6) is -0.498. The van der Waals surface area contributed by atoms with Gasteiger partial charge in [-0.25, -0.2) is 9.78 Å². The third kappa shape index (κ3) is 4.10. The first-order chi connectivity index (χ1) is 16.0. The molecule has 1 N–H and O–H groups in total. The Labute approximate surface area is 194 Å². The number of aromatic carboxylic acids is 1. The number of carbonyl (C=O) groups excluding carboxylic acids is 1. The number of thiazole rings is 1. The number of anilines is 1. The molecule has 0 aliphatic carbocycles. The molecule has 0 spiro atoms. The molecule has 0 bridgehead atoms. The molecule has 0 saturated carbocycles. The van der Waals surface area contributed by atoms with Crippen LogP contribution in [0.3, 0.4) is 0 Å². The van der Waals surface area contributed by atoms with E-state index in [1.165, 1.54) is 0 Å². The highest BCUT2D eigenvalue weighted by atomic mass is 32.1. The molecule has 1 aliphatic heterocycles. The second-order valence-electron chi connectivity index (χ2n) is 7.77. The van der Waals surface area contributed by atoms with Crippen LogP contribution in [0, 0.1) is 0 Å². The van der Waals surface area contributed by atoms with E-state index in [9.17, 15) is 9.59 Å². The van der Waals surface area contributed by atoms with E-state index in [1.807, 2.05) is 53.9 Å². The van der Waals surface area contributed by atoms with Crippen molar-refractivity contribution in [1.82, 2.24) is 4.98 Å². The van der Waals surface area contributed by atoms with E-state index in [0.29, 0.717) is 18.0 Å². The summed E-state index contributed by atoms with van der Waals surface area (Å²) >= 11 is 1.57. The first-order valence-corrected chi connectivity index (χ1v) is 11.3. The second kappa shape index (κ2) is 8.52. The van der Waals surface area contributed by atoms with Gasteiger partial charge in [-0.1, -0.05) is 42.5 Å². The zero-order valence-electron chi connectivity index (χ0n) is 17.8. The van der Waals surface area contributed by atoms with Gasteiger partial charge in [0.25, 0.3) is 5.91 Å². The highest BCUT2D eigenvalue weighted by molar-refractivity contribution is 7.13. The number of rotatable bonds is 5. The fourth-order valence-corrected chi connectivity index (χ4v) is 4.62. The molecule has 0 radical (unpaired) electrons. The van der Waals surface area contributed by atoms with Crippen molar-refractivity contribution in [2.24, 2.45) is 0 Å². The van der Waals surface area contributed by atoms with Crippen molar-refractivity contribution in [3.8, 4) is 27.6 Å². The lowest BCUT2D eigenvalue weighted by molar-refractivity contribution is -0.125. The average Bonchev–Trinajstić information content (AvgIpc) is 3.33. The van der Waals surface area contributed by atoms with Crippen LogP contribution in [-0.4, -0.2) is 28.1 Å². The van der Waals surface area contributed by atoms with Gasteiger partial charge in [-0.3, -0.25) is 4.79 Å². The summed E-state index contributed by atoms with van der Waals surface area (Å²) in [6.45, 7) is 2.04. The zero-order chi connectivity index (χ0) is 22.9. The van der Waals surface area contributed by atoms with Crippen LogP contribution < -0.4 is 9.64 Å². The van der Waals surface area contributed by atoms with Crippen LogP contribution in [0.5, 0.6) is 5.75 Å². The van der Waals surface area contributed by atoms with Crippen molar-refractivity contribution >= 4 is 28.9 Å². The Bertz CT molecular complexity index is 1330. The predicted molar refractivity (Wildman–Crippen MR) is 128 cm³/mol. The number of carboxylic acid groups (broad SMARTS) is 1. The van der Waals surface area contributed by atoms with Gasteiger partial charge in [0.1, 0.15) is 10.8 Å². The normalized spacial score (nSPS) is 15.1. The number of nitrogens with zero attached hydrogens (tertiary/aromatic N) is 2. The van der Waals surface area contributed by atoms with E-state index in [-0.39, 0.29) is 11.5 Å². The molecule has 164 valence electrons. The molecule has 7 heteroatoms. The van der Waals surface area contributed by atoms with Crippen molar-refractivity contribution < 1.29 is 19.4 Å². The van der Waals surface area contributed by atoms with Crippen molar-refractivity contribution in [3.63, 3.8) is 0 Å². The molecule has 3 aromatic carbocycles. The Morgan fingerprint density at radius 2 is 1.82 bits per heavy atom. The van der Waals surface area contributed by atoms with E-state index in [0.717, 1.165) is 27.4 Å². The quantitative estimate of drug-likeness (QED) is 0.430. The molecular weight excluding hydrogens is 436 g/mol. The Kier molecular flexibility index (Phi) is 5.40. The largest absolute Gasteiger partial charge is 0.479 e. The van der Waals surface area contributed by atoms with E-state index < -0.39 is 12.1 Å². The van der Waals surface area contributed by atoms with Gasteiger partial charge in [0.15, 0.2) is 6.10 Å². The highest BCUT2D eigenvalue weighted by Gasteiger charge is 2.32. The number of hydrogen-bond donors (Lipinski definition) is 1. The summed E-state index contributed by atoms with van der Waals surface area (Å²) in [5.41, 5.74) is 4.50. The monoisotopic (exact) mass is 456 g/mol. The topological polar surface area (TPSA) is 79.7 Å². The SMILES string of the molecule is CC1Oc2ccc(-c3csc(-c4ccccc4)n3)cc2N(Cc2ccc(C(=O)O)cc2)C1=O. The lowest BCUT2D eigenvalue weighted by Gasteiger charge is -2.33. The molecule has 1 amide bonds. The number of carboxylic acids is 1. The number of ether oxygens (including phenoxy) is 1. The predicted octanol–water partition coefficient (Wildman–Crippen LogP) is 5.49. The van der Waals surface area contributed by atoms with Gasteiger partial charge < -0.3 is 14.7 Å². The van der Waals surface area contributed by atoms with Gasteiger partial charge in [0.2, 0.25) is 0 Å². The summed E-state index contributed by atoms with van der Waals surface area (Å²) in [4.78, 5) is 30.6. The molecule has 0 saturated heterocycles. The number of hydrogen-bond acceptors (Lipinski definition) is 5. The van der Waals surface area contributed by atoms with Gasteiger partial charge in [-0.2, -0.15) is 0 Å². The average molecular weight is 457 g/mol. The van der Waals surface area contributed by atoms with Gasteiger partial charge in [0, 0.05) is 16.5 Å². The lowest BCUT2D eigenvalue weighted by Crippen LogP contribution is -2.44. The maximum absolute atomic E-state index is 13.0. The summed E-state index contributed by atoms with van der Waals surface area (Å²) in [6, 6.07) is 22.3. The first-order valence-electron chi connectivity index (χ1n) is 10.5. The van der Waals surface area contributed by atoms with Crippen molar-refractivity contribution in [1.29, 1.82) is 0 Å². The summed E-state index contributed by atoms with van der Waals surface area (Å²) in [6.07, 6.45) is -0.606. The van der Waals surface area contributed by atoms with Gasteiger partial charge in [0.05, 0.1) is 23.5 Å². The highest BCUT2D eigenvalue weighted by Crippen LogP contribution is 2.39. The van der Waals surface area contributed by atoms with Crippen LogP contribution in [0.15, 0.2) is 78.2 Å². The number of carbonyl (C=O) groups is 2. The molecule has 1 atom stereocenters. The minimum absolute atomic E-state index is 0.148. The van der Waals surface area contributed by atoms with Crippen LogP contribution in [0.25, 0.3) is 21.8 Å². The third-order valence-electron chi connectivity index (χ3n) is 5.53. The fraction of sp³-hybridized carbons (Fsp3) is 0.115. The summed E-state index contributed by atoms with van der Waals surface area (Å²) in [7, 11) is 0. The molecular formula is C26H20N2O4S. The molecule has 33 heavy (non-hydrogen) atoms. The maximum atomic E-state index is 13.0. The molecule has 4 aromatic rings. The minimum Gasteiger partial charge on any atom is -0.479 e. The number of fused-ring (bicyclic) bond motifs is 1. The lowest BCUT2D eigenvalue weighted by atomic mass is 10.1. The Balaban J connectivity index is 1.48. The van der Waals surface area contributed by atoms with Crippen molar-refractivity contribution in [2.45, 2.75) is 19.6 Å². The minimum atomic E-state index is -0.981. The van der Waals surface area contributed by atoms with Crippen LogP contribution >= 0.6 is 11.3 Å². The van der Waals surface area contributed by atoms with E-state index in [2.05, 4.69) is 0 Å². The molecule has 5 rings (SSSR count). The first kappa shape index (κ1) is 20.9. The second-order valence-corrected chi connectivity index (χ2v) is 8.63. The molecule has 2 heterocycles. The fourth-order valence-electron chi connectivity index (χ4n) is 3.78. The van der Waals surface area contributed by atoms with Gasteiger partial charge in [-0.05, 0) is 42.8 Å². The summed E-state index contributed by atoms with van der Waals surface area (Å²) < 4.78 is 5.84. The van der Waals surface area contributed by atoms with E-state index in [1.54, 1.807) is 47.4 Å². The summed E-state index contributed by atoms with van der Waals surface area (Å²) in [5, 5.41) is 12.1. The molecule has 6 nitrogen and oxygen atoms in total. The Morgan fingerprint density at radius 1 is 1.06 bits per heavy atom. The van der Waals surface area contributed by atoms with Crippen molar-refractivity contribution in [2.75, 3.05) is 4.90 Å². The number of benzene rings is 3. The van der Waals surface area contributed by atoms with Gasteiger partial charge in [-0.15, -0.1) is 11.3 Å². The zero-order valence-corrected chi connectivity index (χ0v) is 18.6. The van der Waals surface area contributed by atoms with Crippen LogP contribution in [0.4, 0.5) is 5.69 Å². The maximum Gasteiger partial charge on any atom is 0.335 e. The smallest absolute Gasteiger partial charge is 0.335 e. The van der Waals surface area contributed by atoms with E-state index in [4.69, 9.17) is 14.8 Å². The van der Waals surface area contributed by atoms with Crippen LogP contribution in [-0.2, 0) is 11.3 Å². The Hall–Kier alpha value is -3.97. The number of amides is 1. The van der Waals surface area contributed by atoms with Crippen LogP contribution in [0.1, 0.15) is 22.8 Å². The number of aromatic nitrogens is 1. The third-order valence-corrected chi connectivity index (χ3v) is 6.42. The van der Waals surface area contributed by atoms with Crippen LogP contribution in [0.2, 0.25) is 0 Å². The molecule has 1 unspecified atom stereocenters. The van der Waals surface area contributed by atoms with E-state index >= 15 is 0 Å². The standard InChI is InChI=1S/C26H20N2O4S/c1-16-25(29)28(14-17-7-9-19(10-8-17)26(30)31)22-13-20(11-12-23(22)32-16)21-15-33-24(27-21)18-5-3-2-4-6-18/h2-13,15-16H,14H2,1H3,(H,30,31). The van der Waals surface area contributed by atoms with Gasteiger partial charge >= 0.3 is 5.97 Å². The Morgan fingerprint density at radius 3 is 2.55 bits per heavy atom. The molecule has 0 fully saturated rings.